The molecule has 0 aromatic heterocycles. The first-order chi connectivity index (χ1) is 7.19. The number of aliphatic hydroxyl groups is 1. The third-order valence-electron chi connectivity index (χ3n) is 2.04. The summed E-state index contributed by atoms with van der Waals surface area (Å²) in [4.78, 5) is 11.3. The van der Waals surface area contributed by atoms with Gasteiger partial charge in [-0.1, -0.05) is 6.08 Å². The molecular weight excluding hydrogens is 196 g/mol. The van der Waals surface area contributed by atoms with Crippen molar-refractivity contribution in [1.29, 1.82) is 0 Å². The zero-order valence-electron chi connectivity index (χ0n) is 8.69. The molecule has 2 atom stereocenters. The Hall–Kier alpha value is -1.33. The molecule has 84 valence electrons. The van der Waals surface area contributed by atoms with Crippen LogP contribution in [0.5, 0.6) is 0 Å². The summed E-state index contributed by atoms with van der Waals surface area (Å²) < 4.78 is 4.80. The Kier molecular flexibility index (Phi) is 4.33. The van der Waals surface area contributed by atoms with Gasteiger partial charge in [0.15, 0.2) is 0 Å². The highest BCUT2D eigenvalue weighted by Gasteiger charge is 2.25. The molecule has 3 N–H and O–H groups in total. The van der Waals surface area contributed by atoms with Gasteiger partial charge in [-0.05, 0) is 19.4 Å². The normalized spacial score (nSPS) is 21.5. The highest BCUT2D eigenvalue weighted by molar-refractivity contribution is 5.88. The molecule has 2 unspecified atom stereocenters. The molecule has 5 nitrogen and oxygen atoms in total. The molecule has 0 aliphatic carbocycles. The Labute approximate surface area is 88.8 Å². The van der Waals surface area contributed by atoms with Gasteiger partial charge in [-0.3, -0.25) is 0 Å². The van der Waals surface area contributed by atoms with E-state index in [2.05, 4.69) is 17.4 Å². The van der Waals surface area contributed by atoms with E-state index in [4.69, 9.17) is 4.74 Å². The first kappa shape index (κ1) is 11.7. The third kappa shape index (κ3) is 3.07. The summed E-state index contributed by atoms with van der Waals surface area (Å²) in [5.74, 6) is -0.418. The molecule has 0 saturated heterocycles. The molecule has 0 aromatic rings. The van der Waals surface area contributed by atoms with Crippen LogP contribution in [0.1, 0.15) is 13.3 Å². The van der Waals surface area contributed by atoms with E-state index in [9.17, 15) is 9.90 Å². The highest BCUT2D eigenvalue weighted by Crippen LogP contribution is 2.09. The molecule has 1 heterocycles. The van der Waals surface area contributed by atoms with Gasteiger partial charge in [0.05, 0.1) is 18.8 Å². The van der Waals surface area contributed by atoms with E-state index < -0.39 is 12.1 Å². The quantitative estimate of drug-likeness (QED) is 0.436. The number of hydrazine groups is 1. The maximum Gasteiger partial charge on any atom is 0.355 e. The Morgan fingerprint density at radius 2 is 2.60 bits per heavy atom. The molecule has 15 heavy (non-hydrogen) atoms. The fourth-order valence-corrected chi connectivity index (χ4v) is 1.28. The molecule has 0 spiro atoms. The standard InChI is InChI=1S/C10H16N2O3/c1-3-5-9(13)7-6-8(12-11-7)10(14)15-4-2/h3,6-7,9,11-13H,1,4-5H2,2H3. The van der Waals surface area contributed by atoms with Crippen LogP contribution in [-0.2, 0) is 9.53 Å². The average Bonchev–Trinajstić information content (AvgIpc) is 2.67. The maximum absolute atomic E-state index is 11.3. The van der Waals surface area contributed by atoms with Crippen LogP contribution < -0.4 is 10.9 Å². The molecule has 0 bridgehead atoms. The van der Waals surface area contributed by atoms with Crippen LogP contribution in [0.15, 0.2) is 24.4 Å². The largest absolute Gasteiger partial charge is 0.461 e. The lowest BCUT2D eigenvalue weighted by Crippen LogP contribution is -2.40. The van der Waals surface area contributed by atoms with Crippen LogP contribution in [0.3, 0.4) is 0 Å². The fourth-order valence-electron chi connectivity index (χ4n) is 1.28. The van der Waals surface area contributed by atoms with Crippen LogP contribution in [0.4, 0.5) is 0 Å². The Balaban J connectivity index is 2.53. The summed E-state index contributed by atoms with van der Waals surface area (Å²) in [7, 11) is 0. The van der Waals surface area contributed by atoms with Crippen molar-refractivity contribution in [2.45, 2.75) is 25.5 Å². The number of aliphatic hydroxyl groups excluding tert-OH is 1. The van der Waals surface area contributed by atoms with Crippen LogP contribution in [0.25, 0.3) is 0 Å². The van der Waals surface area contributed by atoms with Crippen molar-refractivity contribution in [2.24, 2.45) is 0 Å². The van der Waals surface area contributed by atoms with E-state index in [0.717, 1.165) is 0 Å². The Morgan fingerprint density at radius 3 is 3.20 bits per heavy atom. The van der Waals surface area contributed by atoms with Gasteiger partial charge in [0, 0.05) is 0 Å². The van der Waals surface area contributed by atoms with Crippen molar-refractivity contribution in [3.63, 3.8) is 0 Å². The number of carbonyl (C=O) groups excluding carboxylic acids is 1. The summed E-state index contributed by atoms with van der Waals surface area (Å²) in [5.41, 5.74) is 5.80. The second kappa shape index (κ2) is 5.53. The summed E-state index contributed by atoms with van der Waals surface area (Å²) in [6.45, 7) is 5.61. The molecule has 5 heteroatoms. The van der Waals surface area contributed by atoms with Crippen LogP contribution >= 0.6 is 0 Å². The van der Waals surface area contributed by atoms with E-state index in [0.29, 0.717) is 18.7 Å². The first-order valence-electron chi connectivity index (χ1n) is 4.88. The number of hydrogen-bond donors (Lipinski definition) is 3. The second-order valence-electron chi connectivity index (χ2n) is 3.19. The lowest BCUT2D eigenvalue weighted by molar-refractivity contribution is -0.138. The molecular formula is C10H16N2O3. The summed E-state index contributed by atoms with van der Waals surface area (Å²) in [6, 6.07) is -0.289. The lowest BCUT2D eigenvalue weighted by atomic mass is 10.1. The van der Waals surface area contributed by atoms with Gasteiger partial charge in [-0.2, -0.15) is 0 Å². The van der Waals surface area contributed by atoms with Crippen molar-refractivity contribution >= 4 is 5.97 Å². The van der Waals surface area contributed by atoms with Crippen molar-refractivity contribution in [3.05, 3.63) is 24.4 Å². The van der Waals surface area contributed by atoms with Gasteiger partial charge in [-0.25, -0.2) is 10.2 Å². The fraction of sp³-hybridized carbons (Fsp3) is 0.500. The van der Waals surface area contributed by atoms with E-state index in [1.807, 2.05) is 0 Å². The minimum Gasteiger partial charge on any atom is -0.461 e. The molecule has 0 amide bonds. The molecule has 0 radical (unpaired) electrons. The molecule has 0 fully saturated rings. The van der Waals surface area contributed by atoms with Gasteiger partial charge < -0.3 is 15.3 Å². The number of nitrogens with one attached hydrogen (secondary N) is 2. The minimum absolute atomic E-state index is 0.289. The van der Waals surface area contributed by atoms with E-state index >= 15 is 0 Å². The Morgan fingerprint density at radius 1 is 1.87 bits per heavy atom. The molecule has 0 aromatic carbocycles. The van der Waals surface area contributed by atoms with Gasteiger partial charge in [0.2, 0.25) is 0 Å². The number of ether oxygens (including phenoxy) is 1. The number of hydrogen-bond acceptors (Lipinski definition) is 5. The van der Waals surface area contributed by atoms with Crippen molar-refractivity contribution in [1.82, 2.24) is 10.9 Å². The lowest BCUT2D eigenvalue weighted by Gasteiger charge is -2.14. The van der Waals surface area contributed by atoms with E-state index in [1.165, 1.54) is 0 Å². The number of esters is 1. The highest BCUT2D eigenvalue weighted by atomic mass is 16.5. The first-order valence-corrected chi connectivity index (χ1v) is 4.88. The third-order valence-corrected chi connectivity index (χ3v) is 2.04. The molecule has 1 aliphatic heterocycles. The van der Waals surface area contributed by atoms with E-state index in [1.54, 1.807) is 19.1 Å². The van der Waals surface area contributed by atoms with Crippen LogP contribution in [-0.4, -0.2) is 29.8 Å². The maximum atomic E-state index is 11.3. The zero-order valence-corrected chi connectivity index (χ0v) is 8.69. The predicted octanol–water partition coefficient (Wildman–Crippen LogP) is -0.153. The zero-order chi connectivity index (χ0) is 11.3. The van der Waals surface area contributed by atoms with Gasteiger partial charge in [-0.15, -0.1) is 6.58 Å². The number of carbonyl (C=O) groups is 1. The molecule has 1 rings (SSSR count). The summed E-state index contributed by atoms with van der Waals surface area (Å²) in [6.07, 6.45) is 3.11. The summed E-state index contributed by atoms with van der Waals surface area (Å²) in [5, 5.41) is 9.61. The SMILES string of the molecule is C=CCC(O)C1C=C(C(=O)OCC)NN1. The van der Waals surface area contributed by atoms with E-state index in [-0.39, 0.29) is 6.04 Å². The number of rotatable bonds is 5. The van der Waals surface area contributed by atoms with Gasteiger partial charge >= 0.3 is 5.97 Å². The van der Waals surface area contributed by atoms with Crippen molar-refractivity contribution < 1.29 is 14.6 Å². The Bertz CT molecular complexity index is 276. The minimum atomic E-state index is -0.595. The summed E-state index contributed by atoms with van der Waals surface area (Å²) >= 11 is 0. The average molecular weight is 212 g/mol. The van der Waals surface area contributed by atoms with Crippen molar-refractivity contribution in [2.75, 3.05) is 6.61 Å². The van der Waals surface area contributed by atoms with Gasteiger partial charge in [0.25, 0.3) is 0 Å². The topological polar surface area (TPSA) is 70.6 Å². The van der Waals surface area contributed by atoms with Crippen LogP contribution in [0, 0.1) is 0 Å². The smallest absolute Gasteiger partial charge is 0.355 e. The molecule has 0 saturated carbocycles. The monoisotopic (exact) mass is 212 g/mol. The second-order valence-corrected chi connectivity index (χ2v) is 3.19. The van der Waals surface area contributed by atoms with Crippen LogP contribution in [0.2, 0.25) is 0 Å². The van der Waals surface area contributed by atoms with Gasteiger partial charge in [0.1, 0.15) is 5.70 Å². The van der Waals surface area contributed by atoms with Crippen molar-refractivity contribution in [3.8, 4) is 0 Å². The predicted molar refractivity (Wildman–Crippen MR) is 55.6 cm³/mol. The molecule has 1 aliphatic rings.